The molecule has 0 aromatic rings. The van der Waals surface area contributed by atoms with E-state index < -0.39 is 0 Å². The number of halogens is 1. The third kappa shape index (κ3) is 3.90. The molecule has 80 valence electrons. The molecule has 0 unspecified atom stereocenters. The highest BCUT2D eigenvalue weighted by atomic mass is 35.5. The summed E-state index contributed by atoms with van der Waals surface area (Å²) < 4.78 is 0. The lowest BCUT2D eigenvalue weighted by atomic mass is 9.82. The zero-order chi connectivity index (χ0) is 10.2. The molecule has 1 aliphatic rings. The van der Waals surface area contributed by atoms with Gasteiger partial charge in [-0.3, -0.25) is 0 Å². The van der Waals surface area contributed by atoms with E-state index in [4.69, 9.17) is 11.6 Å². The van der Waals surface area contributed by atoms with Crippen molar-refractivity contribution in [1.82, 2.24) is 0 Å². The molecular weight excluding hydrogens is 192 g/mol. The molecule has 0 bridgehead atoms. The van der Waals surface area contributed by atoms with Crippen LogP contribution in [0, 0.1) is 5.92 Å². The molecule has 0 saturated heterocycles. The van der Waals surface area contributed by atoms with Gasteiger partial charge in [-0.25, -0.2) is 0 Å². The summed E-state index contributed by atoms with van der Waals surface area (Å²) in [4.78, 5) is 0. The first-order valence-corrected chi connectivity index (χ1v) is 6.36. The molecule has 1 heteroatoms. The first-order valence-electron chi connectivity index (χ1n) is 5.92. The van der Waals surface area contributed by atoms with Crippen LogP contribution in [-0.4, -0.2) is 0 Å². The van der Waals surface area contributed by atoms with E-state index in [-0.39, 0.29) is 0 Å². The Morgan fingerprint density at radius 2 is 2.07 bits per heavy atom. The maximum Gasteiger partial charge on any atom is 0.0462 e. The highest BCUT2D eigenvalue weighted by Gasteiger charge is 2.16. The van der Waals surface area contributed by atoms with E-state index in [0.29, 0.717) is 0 Å². The molecule has 0 aromatic heterocycles. The van der Waals surface area contributed by atoms with Crippen molar-refractivity contribution in [2.75, 3.05) is 0 Å². The van der Waals surface area contributed by atoms with Gasteiger partial charge in [-0.15, -0.1) is 5.73 Å². The van der Waals surface area contributed by atoms with Crippen molar-refractivity contribution in [3.8, 4) is 0 Å². The Bertz CT molecular complexity index is 205. The molecule has 0 radical (unpaired) electrons. The first kappa shape index (κ1) is 11.9. The Morgan fingerprint density at radius 1 is 1.36 bits per heavy atom. The van der Waals surface area contributed by atoms with Crippen LogP contribution >= 0.6 is 11.6 Å². The summed E-state index contributed by atoms with van der Waals surface area (Å²) in [5.74, 6) is 0.783. The van der Waals surface area contributed by atoms with Crippen molar-refractivity contribution in [2.24, 2.45) is 5.92 Å². The Labute approximate surface area is 93.0 Å². The van der Waals surface area contributed by atoms with Gasteiger partial charge in [-0.05, 0) is 37.2 Å². The van der Waals surface area contributed by atoms with Crippen LogP contribution in [0.3, 0.4) is 0 Å². The van der Waals surface area contributed by atoms with Gasteiger partial charge in [0.05, 0.1) is 0 Å². The Balaban J connectivity index is 2.52. The van der Waals surface area contributed by atoms with Crippen molar-refractivity contribution in [3.63, 3.8) is 0 Å². The second-order valence-corrected chi connectivity index (χ2v) is 4.44. The fourth-order valence-corrected chi connectivity index (χ4v) is 2.42. The number of hydrogen-bond acceptors (Lipinski definition) is 0. The lowest BCUT2D eigenvalue weighted by Gasteiger charge is -2.23. The van der Waals surface area contributed by atoms with Gasteiger partial charge in [0.1, 0.15) is 0 Å². The highest BCUT2D eigenvalue weighted by molar-refractivity contribution is 6.25. The van der Waals surface area contributed by atoms with Crippen molar-refractivity contribution in [3.05, 3.63) is 16.8 Å². The predicted molar refractivity (Wildman–Crippen MR) is 63.5 cm³/mol. The smallest absolute Gasteiger partial charge is 0.0462 e. The van der Waals surface area contributed by atoms with Crippen molar-refractivity contribution in [2.45, 2.75) is 58.3 Å². The van der Waals surface area contributed by atoms with Crippen LogP contribution < -0.4 is 0 Å². The number of unbranched alkanes of at least 4 members (excludes halogenated alkanes) is 1. The summed E-state index contributed by atoms with van der Waals surface area (Å²) in [6, 6.07) is 0. The van der Waals surface area contributed by atoms with Crippen LogP contribution in [0.25, 0.3) is 0 Å². The second-order valence-electron chi connectivity index (χ2n) is 4.22. The summed E-state index contributed by atoms with van der Waals surface area (Å²) in [5.41, 5.74) is 6.29. The minimum absolute atomic E-state index is 0.783. The van der Waals surface area contributed by atoms with Crippen LogP contribution in [0.4, 0.5) is 0 Å². The fraction of sp³-hybridized carbons (Fsp3) is 0.769. The molecule has 14 heavy (non-hydrogen) atoms. The normalized spacial score (nSPS) is 17.6. The fourth-order valence-electron chi connectivity index (χ4n) is 2.28. The van der Waals surface area contributed by atoms with Gasteiger partial charge in [0.15, 0.2) is 0 Å². The summed E-state index contributed by atoms with van der Waals surface area (Å²) >= 11 is 5.64. The molecule has 0 spiro atoms. The Kier molecular flexibility index (Phi) is 6.07. The maximum atomic E-state index is 5.64. The minimum atomic E-state index is 0.783. The third-order valence-corrected chi connectivity index (χ3v) is 3.25. The van der Waals surface area contributed by atoms with Crippen molar-refractivity contribution < 1.29 is 0 Å². The summed E-state index contributed by atoms with van der Waals surface area (Å²) in [6.07, 6.45) is 10.7. The second kappa shape index (κ2) is 7.15. The van der Waals surface area contributed by atoms with Crippen LogP contribution in [0.5, 0.6) is 0 Å². The standard InChI is InChI=1S/C13H21Cl/c1-2-3-7-13(10-11-14)12-8-5-4-6-9-12/h11-12H,2-9H2,1H3. The van der Waals surface area contributed by atoms with Crippen LogP contribution in [-0.2, 0) is 0 Å². The quantitative estimate of drug-likeness (QED) is 0.573. The molecule has 0 nitrogen and oxygen atoms in total. The first-order chi connectivity index (χ1) is 6.88. The van der Waals surface area contributed by atoms with Crippen molar-refractivity contribution >= 4 is 11.6 Å². The average molecular weight is 213 g/mol. The van der Waals surface area contributed by atoms with E-state index >= 15 is 0 Å². The van der Waals surface area contributed by atoms with Gasteiger partial charge in [-0.1, -0.05) is 44.2 Å². The van der Waals surface area contributed by atoms with Gasteiger partial charge in [0.25, 0.3) is 0 Å². The predicted octanol–water partition coefficient (Wildman–Crippen LogP) is 5.03. The van der Waals surface area contributed by atoms with Gasteiger partial charge in [0.2, 0.25) is 0 Å². The average Bonchev–Trinajstić information content (AvgIpc) is 2.25. The van der Waals surface area contributed by atoms with Gasteiger partial charge in [0, 0.05) is 5.54 Å². The molecule has 0 N–H and O–H groups in total. The molecule has 1 rings (SSSR count). The van der Waals surface area contributed by atoms with Crippen LogP contribution in [0.1, 0.15) is 58.3 Å². The molecule has 1 fully saturated rings. The maximum absolute atomic E-state index is 5.64. The molecule has 1 saturated carbocycles. The van der Waals surface area contributed by atoms with Crippen LogP contribution in [0.2, 0.25) is 0 Å². The number of allylic oxidation sites excluding steroid dienone is 1. The van der Waals surface area contributed by atoms with Gasteiger partial charge < -0.3 is 0 Å². The van der Waals surface area contributed by atoms with E-state index in [1.165, 1.54) is 56.9 Å². The zero-order valence-electron chi connectivity index (χ0n) is 9.19. The molecule has 0 atom stereocenters. The summed E-state index contributed by atoms with van der Waals surface area (Å²) in [7, 11) is 0. The number of rotatable bonds is 4. The number of hydrogen-bond donors (Lipinski definition) is 0. The lowest BCUT2D eigenvalue weighted by Crippen LogP contribution is -2.08. The summed E-state index contributed by atoms with van der Waals surface area (Å²) in [5, 5.41) is 0. The van der Waals surface area contributed by atoms with E-state index in [9.17, 15) is 0 Å². The summed E-state index contributed by atoms with van der Waals surface area (Å²) in [6.45, 7) is 2.24. The van der Waals surface area contributed by atoms with E-state index in [0.717, 1.165) is 5.92 Å². The van der Waals surface area contributed by atoms with E-state index in [1.54, 1.807) is 5.54 Å². The monoisotopic (exact) mass is 212 g/mol. The van der Waals surface area contributed by atoms with Gasteiger partial charge in [-0.2, -0.15) is 0 Å². The SMILES string of the molecule is CCCCC(=C=CCl)C1CCCCC1. The van der Waals surface area contributed by atoms with Crippen molar-refractivity contribution in [1.29, 1.82) is 0 Å². The third-order valence-electron chi connectivity index (χ3n) is 3.14. The Morgan fingerprint density at radius 3 is 2.64 bits per heavy atom. The highest BCUT2D eigenvalue weighted by Crippen LogP contribution is 2.31. The molecule has 0 aromatic carbocycles. The zero-order valence-corrected chi connectivity index (χ0v) is 9.95. The molecule has 0 amide bonds. The molecule has 0 heterocycles. The Hall–Kier alpha value is -0.190. The van der Waals surface area contributed by atoms with E-state index in [2.05, 4.69) is 12.7 Å². The van der Waals surface area contributed by atoms with E-state index in [1.807, 2.05) is 0 Å². The lowest BCUT2D eigenvalue weighted by molar-refractivity contribution is 0.393. The largest absolute Gasteiger partial charge is 0.109 e. The van der Waals surface area contributed by atoms with Gasteiger partial charge >= 0.3 is 0 Å². The molecular formula is C13H21Cl. The minimum Gasteiger partial charge on any atom is -0.109 e. The van der Waals surface area contributed by atoms with Crippen LogP contribution in [0.15, 0.2) is 16.8 Å². The molecule has 0 aliphatic heterocycles. The molecule has 1 aliphatic carbocycles. The topological polar surface area (TPSA) is 0 Å².